The third kappa shape index (κ3) is 17.5. The highest BCUT2D eigenvalue weighted by atomic mass is 32.2. The zero-order valence-electron chi connectivity index (χ0n) is 32.6. The Morgan fingerprint density at radius 1 is 0.968 bits per heavy atom. The van der Waals surface area contributed by atoms with Crippen molar-refractivity contribution in [2.45, 2.75) is 63.4 Å². The van der Waals surface area contributed by atoms with Crippen LogP contribution in [-0.2, 0) is 64.9 Å². The maximum Gasteiger partial charge on any atom is 0.481 e. The number of aliphatic hydroxyl groups is 2. The number of nitrogens with one attached hydrogen (secondary N) is 3. The number of aromatic nitrogens is 4. The molecule has 31 nitrogen and oxygen atoms in total. The number of carboxylic acid groups (broad SMARTS) is 1. The first kappa shape index (κ1) is 54.0. The number of ether oxygens (including phenoxy) is 1. The summed E-state index contributed by atoms with van der Waals surface area (Å²) < 4.78 is 72.9. The molecular formula is C27H44N8O23P4S. The summed E-state index contributed by atoms with van der Waals surface area (Å²) in [5.41, 5.74) is 4.09. The molecule has 0 bridgehead atoms. The number of thioether (sulfide) groups is 1. The van der Waals surface area contributed by atoms with Gasteiger partial charge in [0.2, 0.25) is 17.7 Å². The van der Waals surface area contributed by atoms with E-state index in [-0.39, 0.29) is 42.2 Å². The molecule has 1 aliphatic rings. The summed E-state index contributed by atoms with van der Waals surface area (Å²) in [6.07, 6.45) is -9.44. The monoisotopic (exact) mass is 1000 g/mol. The number of rotatable bonds is 25. The first-order valence-corrected chi connectivity index (χ1v) is 24.8. The van der Waals surface area contributed by atoms with Crippen LogP contribution in [0.1, 0.15) is 32.9 Å². The van der Waals surface area contributed by atoms with Crippen LogP contribution in [0.25, 0.3) is 11.2 Å². The van der Waals surface area contributed by atoms with Gasteiger partial charge in [-0.2, -0.15) is 4.31 Å². The van der Waals surface area contributed by atoms with E-state index in [2.05, 4.69) is 34.4 Å². The maximum absolute atomic E-state index is 12.7. The van der Waals surface area contributed by atoms with Crippen LogP contribution in [0.5, 0.6) is 0 Å². The van der Waals surface area contributed by atoms with Gasteiger partial charge in [0.25, 0.3) is 0 Å². The van der Waals surface area contributed by atoms with E-state index < -0.39 is 128 Å². The number of nitrogens with zero attached hydrogens (tertiary/aromatic N) is 4. The van der Waals surface area contributed by atoms with Gasteiger partial charge in [-0.1, -0.05) is 25.6 Å². The topological polar surface area (TPSA) is 488 Å². The Hall–Kier alpha value is -3.35. The lowest BCUT2D eigenvalue weighted by Crippen LogP contribution is -2.46. The van der Waals surface area contributed by atoms with E-state index in [9.17, 15) is 77.1 Å². The Labute approximate surface area is 358 Å². The molecule has 1 saturated heterocycles. The molecule has 1 fully saturated rings. The Morgan fingerprint density at radius 2 is 1.62 bits per heavy atom. The largest absolute Gasteiger partial charge is 0.481 e. The number of carboxylic acids is 1. The van der Waals surface area contributed by atoms with Crippen LogP contribution in [0.15, 0.2) is 12.7 Å². The Kier molecular flexibility index (Phi) is 19.0. The summed E-state index contributed by atoms with van der Waals surface area (Å²) >= 11 is 0.588. The molecule has 0 saturated carbocycles. The number of aliphatic carboxylic acids is 1. The number of imidazole rings is 1. The lowest BCUT2D eigenvalue weighted by Gasteiger charge is -2.30. The maximum atomic E-state index is 12.7. The molecule has 356 valence electrons. The van der Waals surface area contributed by atoms with Crippen molar-refractivity contribution in [2.24, 2.45) is 5.41 Å². The average molecular weight is 1000 g/mol. The number of fused-ring (bicyclic) bond motifs is 1. The van der Waals surface area contributed by atoms with Gasteiger partial charge in [0.05, 0.1) is 19.5 Å². The molecule has 2 aromatic heterocycles. The van der Waals surface area contributed by atoms with Crippen molar-refractivity contribution in [3.63, 3.8) is 0 Å². The predicted octanol–water partition coefficient (Wildman–Crippen LogP) is -3.20. The molecular weight excluding hydrogens is 960 g/mol. The van der Waals surface area contributed by atoms with Crippen LogP contribution >= 0.6 is 42.8 Å². The van der Waals surface area contributed by atoms with Crippen LogP contribution in [-0.4, -0.2) is 162 Å². The highest BCUT2D eigenvalue weighted by Gasteiger charge is 2.50. The second-order valence-electron chi connectivity index (χ2n) is 13.8. The number of carbonyl (C=O) groups excluding carboxylic acids is 4. The quantitative estimate of drug-likeness (QED) is 0.0344. The van der Waals surface area contributed by atoms with Crippen molar-refractivity contribution >= 4 is 88.6 Å². The van der Waals surface area contributed by atoms with Crippen molar-refractivity contribution in [2.75, 3.05) is 44.0 Å². The van der Waals surface area contributed by atoms with Crippen molar-refractivity contribution in [1.29, 1.82) is 0 Å². The fourth-order valence-electron chi connectivity index (χ4n) is 5.15. The van der Waals surface area contributed by atoms with Gasteiger partial charge >= 0.3 is 37.0 Å². The molecule has 8 atom stereocenters. The lowest BCUT2D eigenvalue weighted by molar-refractivity contribution is -0.142. The predicted molar refractivity (Wildman–Crippen MR) is 208 cm³/mol. The van der Waals surface area contributed by atoms with Crippen LogP contribution in [0.3, 0.4) is 0 Å². The average Bonchev–Trinajstić information content (AvgIpc) is 3.70. The van der Waals surface area contributed by atoms with Gasteiger partial charge in [-0.05, 0) is 0 Å². The number of hydrogen-bond donors (Lipinski definition) is 13. The van der Waals surface area contributed by atoms with Gasteiger partial charge in [-0.15, -0.1) is 0 Å². The number of phosphoric acid groups is 3. The molecule has 63 heavy (non-hydrogen) atoms. The summed E-state index contributed by atoms with van der Waals surface area (Å²) in [7, 11) is -21.4. The third-order valence-electron chi connectivity index (χ3n) is 8.12. The molecule has 3 rings (SSSR count). The van der Waals surface area contributed by atoms with Gasteiger partial charge in [0, 0.05) is 37.1 Å². The normalized spacial score (nSPS) is 21.2. The number of hydrogen-bond acceptors (Lipinski definition) is 21. The standard InChI is InChI=1S/C27H44N8O23P4S/c1-27(2,21(40)24(41)30-4-3-15(36)29-5-6-63-17(38)7-13(26(42)43)34-16(37)9-59(44,45)46)10-55-62(52,53)58-61(50,51)54-8-14-20(57-60(47,48)49)19(39)25(56-14)35-12-33-18-22(28)31-11-32-23(18)35/h11-14,19-21,25,39-40H,3-10H2,1-2H3,(H,29,36)(H,30,41)(H,34,37)(H,42,43)(H,50,51)(H,52,53)(H2,28,31,32)(H2,44,45,46)(H2,47,48,49). The minimum absolute atomic E-state index is 0.000952. The van der Waals surface area contributed by atoms with Gasteiger partial charge < -0.3 is 71.1 Å². The highest BCUT2D eigenvalue weighted by Crippen LogP contribution is 2.61. The number of carbonyl (C=O) groups is 5. The molecule has 1 aliphatic heterocycles. The summed E-state index contributed by atoms with van der Waals surface area (Å²) in [5, 5.41) is 36.4. The molecule has 3 heterocycles. The number of anilines is 1. The van der Waals surface area contributed by atoms with E-state index in [0.29, 0.717) is 11.8 Å². The van der Waals surface area contributed by atoms with E-state index in [4.69, 9.17) is 29.3 Å². The van der Waals surface area contributed by atoms with E-state index in [1.807, 2.05) is 5.32 Å². The number of amides is 3. The molecule has 3 amide bonds. The molecule has 2 aromatic rings. The number of nitrogens with two attached hydrogens (primary N) is 1. The Bertz CT molecular complexity index is 2190. The highest BCUT2D eigenvalue weighted by molar-refractivity contribution is 8.13. The minimum Gasteiger partial charge on any atom is -0.480 e. The fourth-order valence-corrected chi connectivity index (χ4v) is 9.16. The number of aliphatic hydroxyl groups excluding tert-OH is 2. The van der Waals surface area contributed by atoms with Crippen molar-refractivity contribution < 1.29 is 110 Å². The van der Waals surface area contributed by atoms with Crippen molar-refractivity contribution in [1.82, 2.24) is 35.5 Å². The lowest BCUT2D eigenvalue weighted by atomic mass is 9.87. The first-order chi connectivity index (χ1) is 28.9. The van der Waals surface area contributed by atoms with Crippen LogP contribution in [0.2, 0.25) is 0 Å². The summed E-state index contributed by atoms with van der Waals surface area (Å²) in [4.78, 5) is 128. The van der Waals surface area contributed by atoms with E-state index in [1.54, 1.807) is 0 Å². The minimum atomic E-state index is -5.63. The Morgan fingerprint density at radius 3 is 2.24 bits per heavy atom. The smallest absolute Gasteiger partial charge is 0.480 e. The van der Waals surface area contributed by atoms with E-state index >= 15 is 0 Å². The SMILES string of the molecule is CC(C)(COP(=O)(O)OP(=O)(O)OCC1OC(n2cnc3c(N)ncnc32)C(O)C1OP(=O)(O)O)C(O)C(=O)NCCC(=O)NCCSC(=O)CC(NC(=O)CP(=O)(O)O)C(=O)O. The molecule has 14 N–H and O–H groups in total. The van der Waals surface area contributed by atoms with E-state index in [1.165, 1.54) is 13.8 Å². The Balaban J connectivity index is 1.44. The molecule has 36 heteroatoms. The summed E-state index contributed by atoms with van der Waals surface area (Å²) in [6.45, 7) is -0.261. The number of nitrogen functional groups attached to an aromatic ring is 1. The third-order valence-corrected chi connectivity index (χ3v) is 12.8. The molecule has 0 spiro atoms. The second kappa shape index (κ2) is 22.2. The zero-order valence-corrected chi connectivity index (χ0v) is 37.0. The number of phosphoric ester groups is 3. The van der Waals surface area contributed by atoms with Gasteiger partial charge in [-0.3, -0.25) is 41.9 Å². The molecule has 0 radical (unpaired) electrons. The van der Waals surface area contributed by atoms with Crippen LogP contribution in [0.4, 0.5) is 5.82 Å². The molecule has 0 aliphatic carbocycles. The van der Waals surface area contributed by atoms with Crippen molar-refractivity contribution in [3.05, 3.63) is 12.7 Å². The zero-order chi connectivity index (χ0) is 47.7. The second-order valence-corrected chi connectivity index (χ2v) is 20.8. The molecule has 8 unspecified atom stereocenters. The van der Waals surface area contributed by atoms with Crippen molar-refractivity contribution in [3.8, 4) is 0 Å². The summed E-state index contributed by atoms with van der Waals surface area (Å²) in [6, 6.07) is -1.77. The van der Waals surface area contributed by atoms with Crippen LogP contribution < -0.4 is 21.7 Å². The molecule has 0 aromatic carbocycles. The summed E-state index contributed by atoms with van der Waals surface area (Å²) in [5.74, 6) is -4.78. The fraction of sp³-hybridized carbons (Fsp3) is 0.630. The van der Waals surface area contributed by atoms with E-state index in [0.717, 1.165) is 17.2 Å². The first-order valence-electron chi connectivity index (χ1n) is 17.5. The van der Waals surface area contributed by atoms with Gasteiger partial charge in [-0.25, -0.2) is 33.4 Å². The van der Waals surface area contributed by atoms with Crippen LogP contribution in [0, 0.1) is 5.41 Å². The van der Waals surface area contributed by atoms with Gasteiger partial charge in [0.15, 0.2) is 22.8 Å². The van der Waals surface area contributed by atoms with Gasteiger partial charge in [0.1, 0.15) is 48.5 Å².